The van der Waals surface area contributed by atoms with E-state index in [0.717, 1.165) is 12.0 Å². The topological polar surface area (TPSA) is 54.0 Å². The molecule has 1 aromatic heterocycles. The summed E-state index contributed by atoms with van der Waals surface area (Å²) in [4.78, 5) is 15.9. The van der Waals surface area contributed by atoms with Gasteiger partial charge in [-0.05, 0) is 30.2 Å². The maximum Gasteiger partial charge on any atom is 0.239 e. The van der Waals surface area contributed by atoms with Crippen LogP contribution in [0.15, 0.2) is 54.7 Å². The minimum absolute atomic E-state index is 0.0161. The zero-order chi connectivity index (χ0) is 17.6. The number of hydrogen-bond donors (Lipinski definition) is 2. The molecule has 3 aromatic rings. The lowest BCUT2D eigenvalue weighted by Gasteiger charge is -2.10. The molecule has 2 N–H and O–H groups in total. The summed E-state index contributed by atoms with van der Waals surface area (Å²) in [5.41, 5.74) is 1.56. The average Bonchev–Trinajstić information content (AvgIpc) is 2.63. The van der Waals surface area contributed by atoms with Crippen molar-refractivity contribution in [3.8, 4) is 0 Å². The van der Waals surface area contributed by atoms with Crippen molar-refractivity contribution in [3.05, 3.63) is 71.1 Å². The van der Waals surface area contributed by atoms with Crippen LogP contribution in [-0.4, -0.2) is 24.0 Å². The number of aromatic nitrogens is 1. The molecule has 25 heavy (non-hydrogen) atoms. The van der Waals surface area contributed by atoms with E-state index in [1.54, 1.807) is 18.2 Å². The molecule has 0 spiro atoms. The normalized spacial score (nSPS) is 10.6. The molecule has 0 unspecified atom stereocenters. The van der Waals surface area contributed by atoms with Gasteiger partial charge in [0.15, 0.2) is 5.82 Å². The number of carbonyl (C=O) groups excluding carboxylic acids is 1. The van der Waals surface area contributed by atoms with Gasteiger partial charge in [-0.25, -0.2) is 4.39 Å². The van der Waals surface area contributed by atoms with E-state index in [1.807, 2.05) is 30.3 Å². The van der Waals surface area contributed by atoms with Crippen molar-refractivity contribution in [2.45, 2.75) is 6.42 Å². The molecule has 0 saturated heterocycles. The molecule has 0 aliphatic carbocycles. The Morgan fingerprint density at radius 3 is 2.72 bits per heavy atom. The maximum absolute atomic E-state index is 14.5. The third-order valence-corrected chi connectivity index (χ3v) is 4.15. The van der Waals surface area contributed by atoms with Crippen molar-refractivity contribution >= 4 is 34.1 Å². The third kappa shape index (κ3) is 4.25. The number of pyridine rings is 1. The van der Waals surface area contributed by atoms with Crippen LogP contribution >= 0.6 is 11.6 Å². The Morgan fingerprint density at radius 2 is 1.92 bits per heavy atom. The summed E-state index contributed by atoms with van der Waals surface area (Å²) in [5, 5.41) is 6.59. The predicted molar refractivity (Wildman–Crippen MR) is 98.4 cm³/mol. The smallest absolute Gasteiger partial charge is 0.239 e. The Labute approximate surface area is 150 Å². The summed E-state index contributed by atoms with van der Waals surface area (Å²) in [6.45, 7) is 0.514. The molecule has 0 saturated carbocycles. The molecule has 0 bridgehead atoms. The first-order valence-electron chi connectivity index (χ1n) is 7.92. The van der Waals surface area contributed by atoms with Gasteiger partial charge in [0.2, 0.25) is 5.91 Å². The number of carbonyl (C=O) groups is 1. The first kappa shape index (κ1) is 17.2. The van der Waals surface area contributed by atoms with Crippen LogP contribution in [0.1, 0.15) is 5.56 Å². The highest BCUT2D eigenvalue weighted by Crippen LogP contribution is 2.27. The van der Waals surface area contributed by atoms with Crippen LogP contribution < -0.4 is 10.6 Å². The Hall–Kier alpha value is -2.66. The molecule has 0 atom stereocenters. The Bertz CT molecular complexity index is 886. The van der Waals surface area contributed by atoms with Gasteiger partial charge in [-0.15, -0.1) is 0 Å². The van der Waals surface area contributed by atoms with Gasteiger partial charge in [0, 0.05) is 18.1 Å². The van der Waals surface area contributed by atoms with Crippen LogP contribution in [0.2, 0.25) is 5.02 Å². The summed E-state index contributed by atoms with van der Waals surface area (Å²) < 4.78 is 14.5. The van der Waals surface area contributed by atoms with Crippen molar-refractivity contribution in [3.63, 3.8) is 0 Å². The van der Waals surface area contributed by atoms with Gasteiger partial charge in [0.05, 0.1) is 17.3 Å². The van der Waals surface area contributed by atoms with Crippen LogP contribution in [0.25, 0.3) is 10.9 Å². The largest absolute Gasteiger partial charge is 0.374 e. The molecule has 0 fully saturated rings. The first-order chi connectivity index (χ1) is 12.1. The molecule has 4 nitrogen and oxygen atoms in total. The molecule has 1 amide bonds. The van der Waals surface area contributed by atoms with Gasteiger partial charge in [-0.3, -0.25) is 9.78 Å². The minimum atomic E-state index is -0.517. The summed E-state index contributed by atoms with van der Waals surface area (Å²) in [7, 11) is 0. The van der Waals surface area contributed by atoms with E-state index in [9.17, 15) is 9.18 Å². The fraction of sp³-hybridized carbons (Fsp3) is 0.158. The molecular formula is C19H17ClFN3O. The summed E-state index contributed by atoms with van der Waals surface area (Å²) in [5.74, 6) is -0.716. The lowest BCUT2D eigenvalue weighted by Crippen LogP contribution is -2.31. The lowest BCUT2D eigenvalue weighted by molar-refractivity contribution is -0.119. The quantitative estimate of drug-likeness (QED) is 0.705. The number of hydrogen-bond acceptors (Lipinski definition) is 3. The van der Waals surface area contributed by atoms with Crippen molar-refractivity contribution in [2.24, 2.45) is 0 Å². The fourth-order valence-corrected chi connectivity index (χ4v) is 2.72. The zero-order valence-corrected chi connectivity index (χ0v) is 14.2. The highest BCUT2D eigenvalue weighted by atomic mass is 35.5. The number of amides is 1. The predicted octanol–water partition coefficient (Wildman–Crippen LogP) is 3.80. The third-order valence-electron chi connectivity index (χ3n) is 3.82. The Morgan fingerprint density at radius 1 is 1.12 bits per heavy atom. The van der Waals surface area contributed by atoms with E-state index in [0.29, 0.717) is 17.0 Å². The molecule has 2 aromatic carbocycles. The number of rotatable bonds is 6. The first-order valence-corrected chi connectivity index (χ1v) is 8.30. The zero-order valence-electron chi connectivity index (χ0n) is 13.4. The van der Waals surface area contributed by atoms with Crippen LogP contribution in [0.3, 0.4) is 0 Å². The highest BCUT2D eigenvalue weighted by molar-refractivity contribution is 6.35. The molecule has 128 valence electrons. The van der Waals surface area contributed by atoms with E-state index in [-0.39, 0.29) is 23.7 Å². The molecule has 3 rings (SSSR count). The summed E-state index contributed by atoms with van der Waals surface area (Å²) in [6, 6.07) is 14.7. The molecule has 0 aliphatic rings. The molecule has 1 heterocycles. The number of fused-ring (bicyclic) bond motifs is 1. The Kier molecular flexibility index (Phi) is 5.46. The highest BCUT2D eigenvalue weighted by Gasteiger charge is 2.11. The number of anilines is 1. The number of nitrogens with zero attached hydrogens (tertiary/aromatic N) is 1. The van der Waals surface area contributed by atoms with Crippen LogP contribution in [0.4, 0.5) is 10.1 Å². The average molecular weight is 358 g/mol. The minimum Gasteiger partial charge on any atom is -0.374 e. The van der Waals surface area contributed by atoms with E-state index in [2.05, 4.69) is 15.6 Å². The van der Waals surface area contributed by atoms with E-state index in [1.165, 1.54) is 6.20 Å². The van der Waals surface area contributed by atoms with Crippen molar-refractivity contribution in [1.82, 2.24) is 10.3 Å². The van der Waals surface area contributed by atoms with Crippen LogP contribution in [0.5, 0.6) is 0 Å². The van der Waals surface area contributed by atoms with Gasteiger partial charge >= 0.3 is 0 Å². The monoisotopic (exact) mass is 357 g/mol. The van der Waals surface area contributed by atoms with Crippen molar-refractivity contribution in [1.29, 1.82) is 0 Å². The molecule has 0 aliphatic heterocycles. The van der Waals surface area contributed by atoms with Crippen molar-refractivity contribution < 1.29 is 9.18 Å². The standard InChI is InChI=1S/C19H17ClFN3O/c20-15-9-11-23-19-14(15)6-7-16(18(19)21)24-12-17(25)22-10-8-13-4-2-1-3-5-13/h1-7,9,11,24H,8,10,12H2,(H,22,25). The van der Waals surface area contributed by atoms with Gasteiger partial charge in [-0.2, -0.15) is 0 Å². The van der Waals surface area contributed by atoms with E-state index < -0.39 is 5.82 Å². The van der Waals surface area contributed by atoms with Crippen LogP contribution in [-0.2, 0) is 11.2 Å². The number of benzene rings is 2. The number of nitrogens with one attached hydrogen (secondary N) is 2. The summed E-state index contributed by atoms with van der Waals surface area (Å²) >= 11 is 6.03. The van der Waals surface area contributed by atoms with Gasteiger partial charge in [-0.1, -0.05) is 41.9 Å². The SMILES string of the molecule is O=C(CNc1ccc2c(Cl)ccnc2c1F)NCCc1ccccc1. The second kappa shape index (κ2) is 7.94. The number of halogens is 2. The van der Waals surface area contributed by atoms with Gasteiger partial charge in [0.25, 0.3) is 0 Å². The summed E-state index contributed by atoms with van der Waals surface area (Å²) in [6.07, 6.45) is 2.20. The maximum atomic E-state index is 14.5. The second-order valence-electron chi connectivity index (χ2n) is 5.56. The molecule has 6 heteroatoms. The Balaban J connectivity index is 1.55. The molecule has 0 radical (unpaired) electrons. The fourth-order valence-electron chi connectivity index (χ4n) is 2.52. The second-order valence-corrected chi connectivity index (χ2v) is 5.96. The van der Waals surface area contributed by atoms with E-state index in [4.69, 9.17) is 11.6 Å². The lowest BCUT2D eigenvalue weighted by atomic mass is 10.1. The van der Waals surface area contributed by atoms with E-state index >= 15 is 0 Å². The molecular weight excluding hydrogens is 341 g/mol. The van der Waals surface area contributed by atoms with Crippen LogP contribution in [0, 0.1) is 5.82 Å². The van der Waals surface area contributed by atoms with Gasteiger partial charge in [0.1, 0.15) is 5.52 Å². The van der Waals surface area contributed by atoms with Crippen molar-refractivity contribution in [2.75, 3.05) is 18.4 Å². The van der Waals surface area contributed by atoms with Gasteiger partial charge < -0.3 is 10.6 Å².